The molecular weight excluding hydrogens is 238 g/mol. The fraction of sp³-hybridized carbons (Fsp3) is 0.533. The second kappa shape index (κ2) is 4.94. The average molecular weight is 259 g/mol. The molecule has 102 valence electrons. The summed E-state index contributed by atoms with van der Waals surface area (Å²) in [6.45, 7) is 1.96. The fourth-order valence-electron chi connectivity index (χ4n) is 3.10. The number of aliphatic hydroxyl groups excluding tert-OH is 1. The third-order valence-electron chi connectivity index (χ3n) is 4.26. The summed E-state index contributed by atoms with van der Waals surface area (Å²) in [6, 6.07) is 6.29. The first-order valence-electron chi connectivity index (χ1n) is 7.03. The molecule has 2 aromatic rings. The quantitative estimate of drug-likeness (QED) is 0.775. The van der Waals surface area contributed by atoms with Crippen LogP contribution in [0.5, 0.6) is 0 Å². The van der Waals surface area contributed by atoms with Gasteiger partial charge in [0, 0.05) is 6.04 Å². The van der Waals surface area contributed by atoms with Crippen molar-refractivity contribution in [2.45, 2.75) is 44.8 Å². The van der Waals surface area contributed by atoms with Crippen molar-refractivity contribution in [3.63, 3.8) is 0 Å². The minimum absolute atomic E-state index is 0.0560. The molecule has 0 bridgehead atoms. The SMILES string of the molecule is Cc1nc2ccc(C(N)C3CCC(O)CC3)cc2[nH]1. The largest absolute Gasteiger partial charge is 0.393 e. The molecule has 1 heterocycles. The summed E-state index contributed by atoms with van der Waals surface area (Å²) in [5.74, 6) is 1.41. The van der Waals surface area contributed by atoms with Crippen molar-refractivity contribution < 1.29 is 5.11 Å². The van der Waals surface area contributed by atoms with Gasteiger partial charge in [-0.3, -0.25) is 0 Å². The van der Waals surface area contributed by atoms with Gasteiger partial charge in [0.25, 0.3) is 0 Å². The minimum atomic E-state index is -0.124. The smallest absolute Gasteiger partial charge is 0.104 e. The van der Waals surface area contributed by atoms with Gasteiger partial charge in [0.2, 0.25) is 0 Å². The topological polar surface area (TPSA) is 74.9 Å². The average Bonchev–Trinajstić information content (AvgIpc) is 2.77. The van der Waals surface area contributed by atoms with Gasteiger partial charge < -0.3 is 15.8 Å². The van der Waals surface area contributed by atoms with Gasteiger partial charge in [-0.05, 0) is 56.2 Å². The monoisotopic (exact) mass is 259 g/mol. The van der Waals surface area contributed by atoms with E-state index in [1.54, 1.807) is 0 Å². The molecule has 4 N–H and O–H groups in total. The van der Waals surface area contributed by atoms with E-state index in [2.05, 4.69) is 22.1 Å². The highest BCUT2D eigenvalue weighted by atomic mass is 16.3. The van der Waals surface area contributed by atoms with Gasteiger partial charge in [-0.1, -0.05) is 6.07 Å². The Hall–Kier alpha value is -1.39. The predicted octanol–water partition coefficient (Wildman–Crippen LogP) is 2.42. The maximum absolute atomic E-state index is 9.57. The maximum atomic E-state index is 9.57. The molecule has 0 saturated heterocycles. The third kappa shape index (κ3) is 2.51. The number of fused-ring (bicyclic) bond motifs is 1. The Kier molecular flexibility index (Phi) is 3.29. The zero-order valence-electron chi connectivity index (χ0n) is 11.3. The Labute approximate surface area is 113 Å². The lowest BCUT2D eigenvalue weighted by Crippen LogP contribution is -2.27. The molecule has 1 aliphatic carbocycles. The number of nitrogens with one attached hydrogen (secondary N) is 1. The van der Waals surface area contributed by atoms with Crippen LogP contribution in [-0.2, 0) is 0 Å². The number of hydrogen-bond acceptors (Lipinski definition) is 3. The van der Waals surface area contributed by atoms with Crippen LogP contribution in [0.1, 0.15) is 43.1 Å². The second-order valence-electron chi connectivity index (χ2n) is 5.69. The summed E-state index contributed by atoms with van der Waals surface area (Å²) < 4.78 is 0. The molecular formula is C15H21N3O. The van der Waals surface area contributed by atoms with E-state index >= 15 is 0 Å². The molecule has 4 nitrogen and oxygen atoms in total. The van der Waals surface area contributed by atoms with E-state index in [-0.39, 0.29) is 12.1 Å². The fourth-order valence-corrected chi connectivity index (χ4v) is 3.10. The summed E-state index contributed by atoms with van der Waals surface area (Å²) >= 11 is 0. The lowest BCUT2D eigenvalue weighted by molar-refractivity contribution is 0.102. The number of nitrogens with zero attached hydrogens (tertiary/aromatic N) is 1. The van der Waals surface area contributed by atoms with Gasteiger partial charge in [0.1, 0.15) is 5.82 Å². The highest BCUT2D eigenvalue weighted by Gasteiger charge is 2.25. The van der Waals surface area contributed by atoms with Crippen LogP contribution in [-0.4, -0.2) is 21.2 Å². The number of hydrogen-bond donors (Lipinski definition) is 3. The minimum Gasteiger partial charge on any atom is -0.393 e. The van der Waals surface area contributed by atoms with Crippen LogP contribution >= 0.6 is 0 Å². The van der Waals surface area contributed by atoms with Crippen molar-refractivity contribution in [1.82, 2.24) is 9.97 Å². The number of aryl methyl sites for hydroxylation is 1. The predicted molar refractivity (Wildman–Crippen MR) is 75.7 cm³/mol. The number of aromatic amines is 1. The summed E-state index contributed by atoms with van der Waals surface area (Å²) in [6.07, 6.45) is 3.67. The van der Waals surface area contributed by atoms with Crippen molar-refractivity contribution in [3.05, 3.63) is 29.6 Å². The van der Waals surface area contributed by atoms with Crippen LogP contribution in [0.4, 0.5) is 0 Å². The number of rotatable bonds is 2. The van der Waals surface area contributed by atoms with Gasteiger partial charge in [0.05, 0.1) is 17.1 Å². The van der Waals surface area contributed by atoms with Gasteiger partial charge in [0.15, 0.2) is 0 Å². The number of aromatic nitrogens is 2. The zero-order valence-corrected chi connectivity index (χ0v) is 11.3. The van der Waals surface area contributed by atoms with Gasteiger partial charge >= 0.3 is 0 Å². The number of nitrogens with two attached hydrogens (primary N) is 1. The zero-order chi connectivity index (χ0) is 13.4. The van der Waals surface area contributed by atoms with Crippen LogP contribution in [0.3, 0.4) is 0 Å². The van der Waals surface area contributed by atoms with E-state index in [0.29, 0.717) is 5.92 Å². The molecule has 1 unspecified atom stereocenters. The Morgan fingerprint density at radius 1 is 1.32 bits per heavy atom. The van der Waals surface area contributed by atoms with Crippen molar-refractivity contribution in [2.24, 2.45) is 11.7 Å². The van der Waals surface area contributed by atoms with E-state index < -0.39 is 0 Å². The molecule has 1 aromatic carbocycles. The summed E-state index contributed by atoms with van der Waals surface area (Å²) in [5, 5.41) is 9.57. The summed E-state index contributed by atoms with van der Waals surface area (Å²) in [7, 11) is 0. The van der Waals surface area contributed by atoms with Crippen LogP contribution in [0.2, 0.25) is 0 Å². The van der Waals surface area contributed by atoms with E-state index in [0.717, 1.165) is 48.1 Å². The Bertz CT molecular complexity index is 570. The summed E-state index contributed by atoms with van der Waals surface area (Å²) in [4.78, 5) is 7.66. The van der Waals surface area contributed by atoms with Crippen LogP contribution in [0.15, 0.2) is 18.2 Å². The molecule has 1 aliphatic rings. The Morgan fingerprint density at radius 3 is 2.79 bits per heavy atom. The normalized spacial score (nSPS) is 25.6. The van der Waals surface area contributed by atoms with Gasteiger partial charge in [-0.15, -0.1) is 0 Å². The highest BCUT2D eigenvalue weighted by molar-refractivity contribution is 5.76. The Balaban J connectivity index is 1.82. The van der Waals surface area contributed by atoms with Crippen LogP contribution in [0, 0.1) is 12.8 Å². The second-order valence-corrected chi connectivity index (χ2v) is 5.69. The molecule has 4 heteroatoms. The number of aliphatic hydroxyl groups is 1. The number of H-pyrrole nitrogens is 1. The molecule has 1 atom stereocenters. The number of imidazole rings is 1. The van der Waals surface area contributed by atoms with E-state index in [1.807, 2.05) is 13.0 Å². The van der Waals surface area contributed by atoms with Crippen molar-refractivity contribution in [1.29, 1.82) is 0 Å². The van der Waals surface area contributed by atoms with Gasteiger partial charge in [-0.2, -0.15) is 0 Å². The molecule has 1 fully saturated rings. The first-order chi connectivity index (χ1) is 9.13. The molecule has 1 saturated carbocycles. The third-order valence-corrected chi connectivity index (χ3v) is 4.26. The van der Waals surface area contributed by atoms with E-state index in [4.69, 9.17) is 5.73 Å². The van der Waals surface area contributed by atoms with E-state index in [9.17, 15) is 5.11 Å². The van der Waals surface area contributed by atoms with Gasteiger partial charge in [-0.25, -0.2) is 4.98 Å². The molecule has 0 amide bonds. The lowest BCUT2D eigenvalue weighted by atomic mass is 9.80. The highest BCUT2D eigenvalue weighted by Crippen LogP contribution is 2.33. The van der Waals surface area contributed by atoms with Crippen molar-refractivity contribution >= 4 is 11.0 Å². The maximum Gasteiger partial charge on any atom is 0.104 e. The van der Waals surface area contributed by atoms with Crippen molar-refractivity contribution in [2.75, 3.05) is 0 Å². The first-order valence-corrected chi connectivity index (χ1v) is 7.03. The van der Waals surface area contributed by atoms with Crippen LogP contribution in [0.25, 0.3) is 11.0 Å². The molecule has 1 aromatic heterocycles. The molecule has 0 aliphatic heterocycles. The standard InChI is InChI=1S/C15H21N3O/c1-9-17-13-7-4-11(8-14(13)18-9)15(16)10-2-5-12(19)6-3-10/h4,7-8,10,12,15,19H,2-3,5-6,16H2,1H3,(H,17,18). The Morgan fingerprint density at radius 2 is 2.05 bits per heavy atom. The van der Waals surface area contributed by atoms with Crippen molar-refractivity contribution in [3.8, 4) is 0 Å². The summed E-state index contributed by atoms with van der Waals surface area (Å²) in [5.41, 5.74) is 9.61. The molecule has 3 rings (SSSR count). The first kappa shape index (κ1) is 12.6. The van der Waals surface area contributed by atoms with E-state index in [1.165, 1.54) is 0 Å². The molecule has 0 spiro atoms. The molecule has 19 heavy (non-hydrogen) atoms. The lowest BCUT2D eigenvalue weighted by Gasteiger charge is -2.30. The number of benzene rings is 1. The van der Waals surface area contributed by atoms with Crippen LogP contribution < -0.4 is 5.73 Å². The molecule has 0 radical (unpaired) electrons.